The van der Waals surface area contributed by atoms with E-state index in [0.717, 1.165) is 0 Å². The minimum absolute atomic E-state index is 0.00162. The van der Waals surface area contributed by atoms with Crippen LogP contribution in [0.25, 0.3) is 0 Å². The van der Waals surface area contributed by atoms with Crippen LogP contribution in [0.4, 0.5) is 14.5 Å². The summed E-state index contributed by atoms with van der Waals surface area (Å²) in [5.74, 6) is -0.0148. The van der Waals surface area contributed by atoms with E-state index in [-0.39, 0.29) is 17.3 Å². The Morgan fingerprint density at radius 2 is 1.95 bits per heavy atom. The van der Waals surface area contributed by atoms with Crippen molar-refractivity contribution < 1.29 is 21.9 Å². The molecular weight excluding hydrogens is 276 g/mol. The maximum Gasteiger partial charge on any atom is 0.387 e. The molecular formula is C12H17F2NO3S. The third kappa shape index (κ3) is 5.42. The van der Waals surface area contributed by atoms with Crippen LogP contribution in [0.5, 0.6) is 5.75 Å². The lowest BCUT2D eigenvalue weighted by atomic mass is 10.2. The number of anilines is 1. The van der Waals surface area contributed by atoms with E-state index in [1.807, 2.05) is 0 Å². The summed E-state index contributed by atoms with van der Waals surface area (Å²) in [6.07, 6.45) is 0. The highest BCUT2D eigenvalue weighted by atomic mass is 32.2. The van der Waals surface area contributed by atoms with Crippen LogP contribution >= 0.6 is 0 Å². The van der Waals surface area contributed by atoms with Crippen molar-refractivity contribution in [2.75, 3.05) is 16.8 Å². The summed E-state index contributed by atoms with van der Waals surface area (Å²) in [7, 11) is -3.13. The molecule has 0 aliphatic carbocycles. The summed E-state index contributed by atoms with van der Waals surface area (Å²) >= 11 is 0. The number of sulfone groups is 1. The molecule has 0 aliphatic heterocycles. The van der Waals surface area contributed by atoms with Gasteiger partial charge in [0.25, 0.3) is 0 Å². The molecule has 1 unspecified atom stereocenters. The number of rotatable bonds is 7. The highest BCUT2D eigenvalue weighted by Crippen LogP contribution is 2.26. The summed E-state index contributed by atoms with van der Waals surface area (Å²) in [4.78, 5) is 0. The molecule has 108 valence electrons. The van der Waals surface area contributed by atoms with Gasteiger partial charge in [-0.15, -0.1) is 0 Å². The predicted octanol–water partition coefficient (Wildman–Crippen LogP) is 2.52. The molecule has 19 heavy (non-hydrogen) atoms. The standard InChI is InChI=1S/C12H17F2NO3S/c1-3-19(16,17)8-9(2)15-10-6-4-5-7-11(10)18-12(13)14/h4-7,9,12,15H,3,8H2,1-2H3. The first-order valence-corrected chi connectivity index (χ1v) is 7.67. The SMILES string of the molecule is CCS(=O)(=O)CC(C)Nc1ccccc1OC(F)F. The molecule has 4 nitrogen and oxygen atoms in total. The van der Waals surface area contributed by atoms with E-state index in [4.69, 9.17) is 0 Å². The van der Waals surface area contributed by atoms with Gasteiger partial charge in [-0.1, -0.05) is 19.1 Å². The van der Waals surface area contributed by atoms with Gasteiger partial charge in [0.05, 0.1) is 11.4 Å². The first-order valence-electron chi connectivity index (χ1n) is 5.85. The normalized spacial score (nSPS) is 13.3. The fourth-order valence-corrected chi connectivity index (χ4v) is 2.67. The quantitative estimate of drug-likeness (QED) is 0.839. The Morgan fingerprint density at radius 3 is 2.53 bits per heavy atom. The average Bonchev–Trinajstić information content (AvgIpc) is 2.30. The third-order valence-corrected chi connectivity index (χ3v) is 4.34. The van der Waals surface area contributed by atoms with Crippen LogP contribution in [0.2, 0.25) is 0 Å². The second-order valence-corrected chi connectivity index (χ2v) is 6.52. The van der Waals surface area contributed by atoms with Crippen LogP contribution in [0.1, 0.15) is 13.8 Å². The highest BCUT2D eigenvalue weighted by Gasteiger charge is 2.16. The zero-order valence-corrected chi connectivity index (χ0v) is 11.6. The van der Waals surface area contributed by atoms with Gasteiger partial charge < -0.3 is 10.1 Å². The molecule has 0 aliphatic rings. The Morgan fingerprint density at radius 1 is 1.32 bits per heavy atom. The molecule has 1 aromatic carbocycles. The molecule has 0 spiro atoms. The van der Waals surface area contributed by atoms with Crippen molar-refractivity contribution in [1.29, 1.82) is 0 Å². The predicted molar refractivity (Wildman–Crippen MR) is 70.5 cm³/mol. The third-order valence-electron chi connectivity index (χ3n) is 2.45. The summed E-state index contributed by atoms with van der Waals surface area (Å²) in [6, 6.07) is 5.78. The molecule has 0 saturated carbocycles. The van der Waals surface area contributed by atoms with Crippen LogP contribution in [0, 0.1) is 0 Å². The Balaban J connectivity index is 2.76. The summed E-state index contributed by atoms with van der Waals surface area (Å²) in [5, 5.41) is 2.87. The molecule has 1 atom stereocenters. The number of halogens is 2. The van der Waals surface area contributed by atoms with Gasteiger partial charge in [-0.25, -0.2) is 8.42 Å². The maximum absolute atomic E-state index is 12.2. The second kappa shape index (κ2) is 6.70. The van der Waals surface area contributed by atoms with Gasteiger partial charge in [-0.2, -0.15) is 8.78 Å². The topological polar surface area (TPSA) is 55.4 Å². The van der Waals surface area contributed by atoms with E-state index < -0.39 is 22.5 Å². The van der Waals surface area contributed by atoms with Crippen molar-refractivity contribution in [3.05, 3.63) is 24.3 Å². The number of alkyl halides is 2. The molecule has 1 aromatic rings. The number of ether oxygens (including phenoxy) is 1. The van der Waals surface area contributed by atoms with Crippen molar-refractivity contribution in [3.63, 3.8) is 0 Å². The smallest absolute Gasteiger partial charge is 0.387 e. The van der Waals surface area contributed by atoms with Gasteiger partial charge in [0, 0.05) is 11.8 Å². The number of benzene rings is 1. The Labute approximate surface area is 111 Å². The monoisotopic (exact) mass is 293 g/mol. The van der Waals surface area contributed by atoms with Gasteiger partial charge in [0.2, 0.25) is 0 Å². The first kappa shape index (κ1) is 15.7. The van der Waals surface area contributed by atoms with Crippen molar-refractivity contribution in [2.45, 2.75) is 26.5 Å². The minimum atomic E-state index is -3.13. The maximum atomic E-state index is 12.2. The van der Waals surface area contributed by atoms with E-state index in [1.54, 1.807) is 32.0 Å². The van der Waals surface area contributed by atoms with E-state index in [0.29, 0.717) is 5.69 Å². The fraction of sp³-hybridized carbons (Fsp3) is 0.500. The van der Waals surface area contributed by atoms with Crippen molar-refractivity contribution in [3.8, 4) is 5.75 Å². The minimum Gasteiger partial charge on any atom is -0.433 e. The molecule has 0 fully saturated rings. The Kier molecular flexibility index (Phi) is 5.53. The largest absolute Gasteiger partial charge is 0.433 e. The fourth-order valence-electron chi connectivity index (χ4n) is 1.59. The van der Waals surface area contributed by atoms with Gasteiger partial charge in [-0.3, -0.25) is 0 Å². The summed E-state index contributed by atoms with van der Waals surface area (Å²) < 4.78 is 51.7. The molecule has 0 amide bonds. The lowest BCUT2D eigenvalue weighted by molar-refractivity contribution is -0.0493. The highest BCUT2D eigenvalue weighted by molar-refractivity contribution is 7.91. The molecule has 0 heterocycles. The first-order chi connectivity index (χ1) is 8.84. The van der Waals surface area contributed by atoms with Gasteiger partial charge in [0.1, 0.15) is 5.75 Å². The Bertz CT molecular complexity index is 505. The number of hydrogen-bond acceptors (Lipinski definition) is 4. The molecule has 1 N–H and O–H groups in total. The van der Waals surface area contributed by atoms with E-state index >= 15 is 0 Å². The van der Waals surface area contributed by atoms with E-state index in [1.165, 1.54) is 6.07 Å². The summed E-state index contributed by atoms with van der Waals surface area (Å²) in [5.41, 5.74) is 0.349. The van der Waals surface area contributed by atoms with Crippen molar-refractivity contribution in [2.24, 2.45) is 0 Å². The van der Waals surface area contributed by atoms with Gasteiger partial charge >= 0.3 is 6.61 Å². The van der Waals surface area contributed by atoms with Crippen molar-refractivity contribution >= 4 is 15.5 Å². The van der Waals surface area contributed by atoms with E-state index in [9.17, 15) is 17.2 Å². The summed E-state index contributed by atoms with van der Waals surface area (Å²) in [6.45, 7) is 0.320. The van der Waals surface area contributed by atoms with Gasteiger partial charge in [0.15, 0.2) is 9.84 Å². The number of para-hydroxylation sites is 2. The Hall–Kier alpha value is -1.37. The molecule has 0 bridgehead atoms. The lowest BCUT2D eigenvalue weighted by Gasteiger charge is -2.17. The molecule has 0 saturated heterocycles. The van der Waals surface area contributed by atoms with Crippen LogP contribution in [0.15, 0.2) is 24.3 Å². The molecule has 7 heteroatoms. The van der Waals surface area contributed by atoms with Crippen LogP contribution < -0.4 is 10.1 Å². The second-order valence-electron chi connectivity index (χ2n) is 4.12. The molecule has 1 rings (SSSR count). The number of nitrogens with one attached hydrogen (secondary N) is 1. The van der Waals surface area contributed by atoms with Crippen LogP contribution in [0.3, 0.4) is 0 Å². The number of hydrogen-bond donors (Lipinski definition) is 1. The van der Waals surface area contributed by atoms with E-state index in [2.05, 4.69) is 10.1 Å². The molecule has 0 radical (unpaired) electrons. The van der Waals surface area contributed by atoms with Gasteiger partial charge in [-0.05, 0) is 19.1 Å². The molecule has 0 aromatic heterocycles. The lowest BCUT2D eigenvalue weighted by Crippen LogP contribution is -2.27. The van der Waals surface area contributed by atoms with Crippen LogP contribution in [-0.4, -0.2) is 32.6 Å². The zero-order valence-electron chi connectivity index (χ0n) is 10.8. The van der Waals surface area contributed by atoms with Crippen molar-refractivity contribution in [1.82, 2.24) is 0 Å². The average molecular weight is 293 g/mol. The van der Waals surface area contributed by atoms with Crippen LogP contribution in [-0.2, 0) is 9.84 Å². The zero-order chi connectivity index (χ0) is 14.5.